The van der Waals surface area contributed by atoms with Crippen molar-refractivity contribution in [3.63, 3.8) is 0 Å². The number of alkyl halides is 1. The molecule has 0 spiro atoms. The van der Waals surface area contributed by atoms with E-state index in [9.17, 15) is 39.5 Å². The molecule has 0 rings (SSSR count). The van der Waals surface area contributed by atoms with Crippen LogP contribution in [-0.2, 0) is 9.53 Å². The summed E-state index contributed by atoms with van der Waals surface area (Å²) in [6, 6.07) is 0. The Bertz CT molecular complexity index is 367. The molecule has 0 fully saturated rings. The van der Waals surface area contributed by atoms with E-state index in [1.807, 2.05) is 41.5 Å². The van der Waals surface area contributed by atoms with E-state index < -0.39 is 35.7 Å². The van der Waals surface area contributed by atoms with Gasteiger partial charge in [0.1, 0.15) is 17.9 Å². The third kappa shape index (κ3) is 304. The first-order valence-corrected chi connectivity index (χ1v) is 11.7. The van der Waals surface area contributed by atoms with Crippen LogP contribution in [0.4, 0.5) is 39.5 Å². The first-order valence-electron chi connectivity index (χ1n) is 10.6. The van der Waals surface area contributed by atoms with Crippen molar-refractivity contribution in [2.75, 3.05) is 32.8 Å². The molecule has 0 aliphatic heterocycles. The van der Waals surface area contributed by atoms with Crippen LogP contribution in [0.3, 0.4) is 0 Å². The molecule has 0 amide bonds. The Hall–Kier alpha value is 0.165. The predicted octanol–water partition coefficient (Wildman–Crippen LogP) is 7.48. The van der Waals surface area contributed by atoms with Gasteiger partial charge in [-0.3, -0.25) is 0 Å². The van der Waals surface area contributed by atoms with Gasteiger partial charge in [-0.15, -0.1) is 17.0 Å². The third-order valence-electron chi connectivity index (χ3n) is 1.17. The van der Waals surface area contributed by atoms with E-state index in [4.69, 9.17) is 15.0 Å². The summed E-state index contributed by atoms with van der Waals surface area (Å²) >= 11 is 3.15. The number of hydrogen-bond acceptors (Lipinski definition) is 4. The summed E-state index contributed by atoms with van der Waals surface area (Å²) in [4.78, 5) is 8.81. The molecule has 0 atom stereocenters. The number of carbonyl (C=O) groups excluding carboxylic acids is 1. The van der Waals surface area contributed by atoms with Crippen LogP contribution in [-0.4, -0.2) is 57.7 Å². The van der Waals surface area contributed by atoms with Gasteiger partial charge in [-0.1, -0.05) is 50.5 Å². The summed E-state index contributed by atoms with van der Waals surface area (Å²) < 4.78 is 101. The molecule has 0 aliphatic rings. The molecule has 4 nitrogen and oxygen atoms in total. The van der Waals surface area contributed by atoms with Gasteiger partial charge in [0.05, 0.1) is 0 Å². The molecular weight excluding hydrogens is 705 g/mol. The second kappa shape index (κ2) is 106. The van der Waals surface area contributed by atoms with Crippen LogP contribution in [0.2, 0.25) is 0 Å². The van der Waals surface area contributed by atoms with Gasteiger partial charge in [0.15, 0.2) is 5.83 Å². The number of allylic oxidation sites excluding steroid dienone is 3. The molecule has 0 aromatic carbocycles. The fraction of sp³-hybridized carbons (Fsp3) is 0.696. The van der Waals surface area contributed by atoms with E-state index in [1.54, 1.807) is 14.0 Å². The fourth-order valence-corrected chi connectivity index (χ4v) is 0. The Morgan fingerprint density at radius 3 is 0.850 bits per heavy atom. The molecular formula is C23H50BBr2F9NaO4. The van der Waals surface area contributed by atoms with Crippen molar-refractivity contribution in [2.24, 2.45) is 0 Å². The van der Waals surface area contributed by atoms with Crippen molar-refractivity contribution in [3.05, 3.63) is 35.7 Å². The van der Waals surface area contributed by atoms with Crippen molar-refractivity contribution in [2.45, 2.75) is 76.2 Å². The van der Waals surface area contributed by atoms with Gasteiger partial charge in [-0.25, -0.2) is 13.2 Å². The zero-order valence-electron chi connectivity index (χ0n) is 27.2. The monoisotopic (exact) mass is 753 g/mol. The maximum Gasteiger partial charge on any atom is 1.00 e. The fourth-order valence-electron chi connectivity index (χ4n) is 0. The number of aliphatic hydroxyl groups is 2. The molecule has 3 radical (unpaired) electrons. The zero-order valence-corrected chi connectivity index (χ0v) is 31.5. The first kappa shape index (κ1) is 83.5. The summed E-state index contributed by atoms with van der Waals surface area (Å²) in [5, 5.41) is 15.6. The number of rotatable bonds is 1. The number of methoxy groups -OCH3 is 1. The van der Waals surface area contributed by atoms with Gasteiger partial charge in [0.2, 0.25) is 0 Å². The van der Waals surface area contributed by atoms with Gasteiger partial charge in [-0.05, 0) is 41.5 Å². The van der Waals surface area contributed by atoms with Gasteiger partial charge in [-0.2, -0.15) is 26.3 Å². The van der Waals surface area contributed by atoms with Crippen LogP contribution < -0.4 is 29.6 Å². The second-order valence-corrected chi connectivity index (χ2v) is 4.90. The molecule has 0 aromatic heterocycles. The molecule has 2 N–H and O–H groups in total. The molecule has 0 heterocycles. The Kier molecular flexibility index (Phi) is 222. The Balaban J connectivity index is -0.0000000168. The minimum Gasteiger partial charge on any atom is -1.00 e. The summed E-state index contributed by atoms with van der Waals surface area (Å²) in [5.41, 5.74) is 0. The average molecular weight is 755 g/mol. The van der Waals surface area contributed by atoms with Crippen LogP contribution in [0.1, 0.15) is 77.6 Å². The minimum absolute atomic E-state index is 0. The molecule has 0 unspecified atom stereocenters. The SMILES string of the molecule is Br.C/C(F)=C(/C)F.CC.CC.CC(F)=C(F)F.CC=O.CCBr.CCO.CCOC.CO.FC(F)=C(F)F.[B].[H-].[Na+]. The van der Waals surface area contributed by atoms with Gasteiger partial charge < -0.3 is 21.2 Å². The topological polar surface area (TPSA) is 66.8 Å². The normalized spacial score (nSPS) is 6.92. The number of aldehydes is 1. The van der Waals surface area contributed by atoms with Crippen LogP contribution in [0, 0.1) is 0 Å². The zero-order chi connectivity index (χ0) is 33.0. The first-order chi connectivity index (χ1) is 17.1. The molecule has 0 saturated carbocycles. The van der Waals surface area contributed by atoms with Crippen LogP contribution in [0.15, 0.2) is 35.7 Å². The van der Waals surface area contributed by atoms with E-state index in [0.717, 1.165) is 39.2 Å². The molecule has 247 valence electrons. The quantitative estimate of drug-likeness (QED) is 0.126. The van der Waals surface area contributed by atoms with Crippen LogP contribution in [0.5, 0.6) is 0 Å². The maximum absolute atomic E-state index is 11.3. The largest absolute Gasteiger partial charge is 1.00 e. The van der Waals surface area contributed by atoms with E-state index in [1.165, 1.54) is 6.92 Å². The summed E-state index contributed by atoms with van der Waals surface area (Å²) in [7, 11) is 2.68. The number of ether oxygens (including phenoxy) is 1. The number of halogens is 11. The Morgan fingerprint density at radius 1 is 0.750 bits per heavy atom. The summed E-state index contributed by atoms with van der Waals surface area (Å²) in [5.74, 6) is -2.89. The number of aliphatic hydroxyl groups excluding tert-OH is 2. The van der Waals surface area contributed by atoms with Gasteiger partial charge in [0, 0.05) is 41.2 Å². The Morgan fingerprint density at radius 2 is 0.850 bits per heavy atom. The van der Waals surface area contributed by atoms with E-state index in [2.05, 4.69) is 20.7 Å². The summed E-state index contributed by atoms with van der Waals surface area (Å²) in [6.45, 7) is 19.1. The standard InChI is InChI=1S/C4H6F2.C3H3F3.C3H8O.C2H5Br.C2F4.C2H6O.C2H4O.2C2H6.CH4O.B.BrH.Na.H/c1-3(5)4(2)6;1-2(4)3(5)6;1-3-4-2;1-2-3;3-1(4)2(5)6;2*1-2-3;3*1-2;;;;/h1-2H3;1H3;3H2,1-2H3;2H2,1H3;;3H,2H2,1H3;2H,1H3;2*1-2H3;2H,1H3;;1H;;/q;;;;;;;;;;;;+1;-1/b4-3+;;;;;;;;;;;;;. The van der Waals surface area contributed by atoms with Crippen LogP contribution >= 0.6 is 32.9 Å². The van der Waals surface area contributed by atoms with E-state index in [-0.39, 0.29) is 63.0 Å². The molecule has 0 bridgehead atoms. The molecule has 0 aliphatic carbocycles. The Labute approximate surface area is 281 Å². The van der Waals surface area contributed by atoms with Crippen molar-refractivity contribution >= 4 is 47.6 Å². The van der Waals surface area contributed by atoms with Gasteiger partial charge in [0.25, 0.3) is 0 Å². The molecule has 40 heavy (non-hydrogen) atoms. The van der Waals surface area contributed by atoms with Crippen molar-refractivity contribution in [3.8, 4) is 0 Å². The summed E-state index contributed by atoms with van der Waals surface area (Å²) in [6.07, 6.45) is -7.31. The molecule has 17 heteroatoms. The number of carbonyl (C=O) groups is 1. The smallest absolute Gasteiger partial charge is 1.00 e. The molecule has 0 aromatic rings. The minimum atomic E-state index is -2.91. The third-order valence-corrected chi connectivity index (χ3v) is 1.17. The van der Waals surface area contributed by atoms with E-state index in [0.29, 0.717) is 6.92 Å². The average Bonchev–Trinajstić information content (AvgIpc) is 2.85. The van der Waals surface area contributed by atoms with Crippen molar-refractivity contribution < 1.29 is 90.2 Å². The van der Waals surface area contributed by atoms with Crippen LogP contribution in [0.25, 0.3) is 0 Å². The van der Waals surface area contributed by atoms with Crippen molar-refractivity contribution in [1.29, 1.82) is 0 Å². The predicted molar refractivity (Wildman–Crippen MR) is 158 cm³/mol. The van der Waals surface area contributed by atoms with Gasteiger partial charge >= 0.3 is 47.8 Å². The maximum atomic E-state index is 11.3. The molecule has 0 saturated heterocycles. The van der Waals surface area contributed by atoms with Crippen molar-refractivity contribution in [1.82, 2.24) is 0 Å². The second-order valence-electron chi connectivity index (χ2n) is 3.78. The number of hydrogen-bond donors (Lipinski definition) is 2. The van der Waals surface area contributed by atoms with E-state index >= 15 is 0 Å².